The van der Waals surface area contributed by atoms with Crippen molar-refractivity contribution in [2.45, 2.75) is 44.8 Å². The van der Waals surface area contributed by atoms with Gasteiger partial charge in [-0.2, -0.15) is 13.2 Å². The molecule has 0 saturated carbocycles. The molecular formula is C19H20F3N. The fraction of sp³-hybridized carbons (Fsp3) is 0.368. The molecule has 0 spiro atoms. The summed E-state index contributed by atoms with van der Waals surface area (Å²) < 4.78 is 39.7. The zero-order valence-electron chi connectivity index (χ0n) is 13.2. The number of rotatable bonds is 3. The monoisotopic (exact) mass is 319 g/mol. The lowest BCUT2D eigenvalue weighted by Crippen LogP contribution is -2.15. The number of anilines is 1. The van der Waals surface area contributed by atoms with Crippen LogP contribution in [0.4, 0.5) is 18.9 Å². The van der Waals surface area contributed by atoms with E-state index in [4.69, 9.17) is 0 Å². The molecule has 0 amide bonds. The zero-order valence-corrected chi connectivity index (χ0v) is 13.2. The number of nitrogens with one attached hydrogen (secondary N) is 1. The van der Waals surface area contributed by atoms with Gasteiger partial charge < -0.3 is 5.32 Å². The molecular weight excluding hydrogens is 299 g/mol. The second-order valence-corrected chi connectivity index (χ2v) is 6.21. The maximum absolute atomic E-state index is 13.2. The van der Waals surface area contributed by atoms with Crippen LogP contribution >= 0.6 is 0 Å². The highest BCUT2D eigenvalue weighted by Gasteiger charge is 2.36. The highest BCUT2D eigenvalue weighted by Crippen LogP contribution is 2.41. The van der Waals surface area contributed by atoms with Crippen molar-refractivity contribution in [3.05, 3.63) is 64.7 Å². The Labute approximate surface area is 134 Å². The molecule has 0 bridgehead atoms. The Morgan fingerprint density at radius 2 is 1.91 bits per heavy atom. The molecule has 0 aliphatic carbocycles. The number of halogens is 3. The van der Waals surface area contributed by atoms with Crippen molar-refractivity contribution < 1.29 is 13.2 Å². The van der Waals surface area contributed by atoms with E-state index in [0.29, 0.717) is 17.9 Å². The molecule has 122 valence electrons. The van der Waals surface area contributed by atoms with E-state index in [1.807, 2.05) is 6.07 Å². The van der Waals surface area contributed by atoms with E-state index in [0.717, 1.165) is 23.7 Å². The third-order valence-corrected chi connectivity index (χ3v) is 4.71. The fourth-order valence-corrected chi connectivity index (χ4v) is 3.17. The molecule has 1 nitrogen and oxygen atoms in total. The third-order valence-electron chi connectivity index (χ3n) is 4.71. The summed E-state index contributed by atoms with van der Waals surface area (Å²) in [6.07, 6.45) is -2.69. The number of hydrogen-bond acceptors (Lipinski definition) is 1. The molecule has 2 aromatic rings. The Hall–Kier alpha value is -1.97. The quantitative estimate of drug-likeness (QED) is 0.739. The Morgan fingerprint density at radius 1 is 1.17 bits per heavy atom. The number of benzene rings is 2. The molecule has 1 N–H and O–H groups in total. The largest absolute Gasteiger partial charge is 0.416 e. The van der Waals surface area contributed by atoms with Crippen molar-refractivity contribution in [2.24, 2.45) is 0 Å². The van der Waals surface area contributed by atoms with Gasteiger partial charge in [-0.05, 0) is 47.6 Å². The molecule has 2 aromatic carbocycles. The van der Waals surface area contributed by atoms with Crippen molar-refractivity contribution in [2.75, 3.05) is 5.32 Å². The van der Waals surface area contributed by atoms with Crippen LogP contribution in [0.25, 0.3) is 0 Å². The third kappa shape index (κ3) is 3.07. The number of alkyl halides is 3. The molecule has 1 aliphatic rings. The van der Waals surface area contributed by atoms with Gasteiger partial charge in [-0.15, -0.1) is 0 Å². The molecule has 0 radical (unpaired) electrons. The maximum Gasteiger partial charge on any atom is 0.416 e. The SMILES string of the molecule is CCC(C)c1ccc2c(c1)CC(c1ccccc1C(F)(F)F)N2. The molecule has 4 heteroatoms. The average molecular weight is 319 g/mol. The van der Waals surface area contributed by atoms with E-state index in [-0.39, 0.29) is 6.04 Å². The first kappa shape index (κ1) is 15.9. The Morgan fingerprint density at radius 3 is 2.61 bits per heavy atom. The van der Waals surface area contributed by atoms with E-state index in [1.165, 1.54) is 11.6 Å². The molecule has 0 aromatic heterocycles. The summed E-state index contributed by atoms with van der Waals surface area (Å²) in [5.74, 6) is 0.460. The van der Waals surface area contributed by atoms with Crippen molar-refractivity contribution in [3.63, 3.8) is 0 Å². The standard InChI is InChI=1S/C19H20F3N/c1-3-12(2)13-8-9-17-14(10-13)11-18(23-17)15-6-4-5-7-16(15)19(20,21)22/h4-10,12,18,23H,3,11H2,1-2H3. The Bertz CT molecular complexity index is 706. The van der Waals surface area contributed by atoms with E-state index >= 15 is 0 Å². The van der Waals surface area contributed by atoms with Crippen molar-refractivity contribution in [3.8, 4) is 0 Å². The summed E-state index contributed by atoms with van der Waals surface area (Å²) in [5.41, 5.74) is 3.07. The van der Waals surface area contributed by atoms with Crippen LogP contribution in [0.1, 0.15) is 54.5 Å². The zero-order chi connectivity index (χ0) is 16.6. The highest BCUT2D eigenvalue weighted by atomic mass is 19.4. The lowest BCUT2D eigenvalue weighted by atomic mass is 9.94. The van der Waals surface area contributed by atoms with Gasteiger partial charge in [0.1, 0.15) is 0 Å². The van der Waals surface area contributed by atoms with Crippen LogP contribution in [0.2, 0.25) is 0 Å². The van der Waals surface area contributed by atoms with Crippen LogP contribution in [-0.2, 0) is 12.6 Å². The number of hydrogen-bond donors (Lipinski definition) is 1. The summed E-state index contributed by atoms with van der Waals surface area (Å²) in [7, 11) is 0. The van der Waals surface area contributed by atoms with E-state index in [9.17, 15) is 13.2 Å². The summed E-state index contributed by atoms with van der Waals surface area (Å²) >= 11 is 0. The molecule has 0 fully saturated rings. The predicted molar refractivity (Wildman–Crippen MR) is 86.7 cm³/mol. The van der Waals surface area contributed by atoms with Gasteiger partial charge in [-0.1, -0.05) is 44.2 Å². The molecule has 2 atom stereocenters. The predicted octanol–water partition coefficient (Wildman–Crippen LogP) is 5.93. The summed E-state index contributed by atoms with van der Waals surface area (Å²) in [5, 5.41) is 3.25. The minimum Gasteiger partial charge on any atom is -0.378 e. The Kier molecular flexibility index (Phi) is 4.09. The number of fused-ring (bicyclic) bond motifs is 1. The van der Waals surface area contributed by atoms with Gasteiger partial charge in [0, 0.05) is 5.69 Å². The van der Waals surface area contributed by atoms with Gasteiger partial charge in [0.15, 0.2) is 0 Å². The summed E-state index contributed by atoms with van der Waals surface area (Å²) in [6.45, 7) is 4.30. The Balaban J connectivity index is 1.91. The van der Waals surface area contributed by atoms with Crippen molar-refractivity contribution >= 4 is 5.69 Å². The maximum atomic E-state index is 13.2. The molecule has 3 rings (SSSR count). The molecule has 2 unspecified atom stereocenters. The van der Waals surface area contributed by atoms with Crippen LogP contribution in [0.5, 0.6) is 0 Å². The first-order valence-corrected chi connectivity index (χ1v) is 7.95. The minimum atomic E-state index is -4.32. The summed E-state index contributed by atoms with van der Waals surface area (Å²) in [6, 6.07) is 11.7. The van der Waals surface area contributed by atoms with E-state index < -0.39 is 11.7 Å². The first-order chi connectivity index (χ1) is 10.9. The van der Waals surface area contributed by atoms with Crippen LogP contribution in [0, 0.1) is 0 Å². The van der Waals surface area contributed by atoms with Gasteiger partial charge in [0.05, 0.1) is 11.6 Å². The van der Waals surface area contributed by atoms with Crippen LogP contribution in [-0.4, -0.2) is 0 Å². The van der Waals surface area contributed by atoms with Gasteiger partial charge in [-0.25, -0.2) is 0 Å². The average Bonchev–Trinajstić information content (AvgIpc) is 2.96. The normalized spacial score (nSPS) is 18.4. The summed E-state index contributed by atoms with van der Waals surface area (Å²) in [4.78, 5) is 0. The van der Waals surface area contributed by atoms with Crippen molar-refractivity contribution in [1.82, 2.24) is 0 Å². The smallest absolute Gasteiger partial charge is 0.378 e. The van der Waals surface area contributed by atoms with Crippen LogP contribution in [0.3, 0.4) is 0 Å². The van der Waals surface area contributed by atoms with Gasteiger partial charge in [-0.3, -0.25) is 0 Å². The minimum absolute atomic E-state index is 0.321. The lowest BCUT2D eigenvalue weighted by Gasteiger charge is -2.18. The molecule has 1 heterocycles. The first-order valence-electron chi connectivity index (χ1n) is 7.95. The molecule has 0 saturated heterocycles. The van der Waals surface area contributed by atoms with Crippen LogP contribution in [0.15, 0.2) is 42.5 Å². The van der Waals surface area contributed by atoms with E-state index in [2.05, 4.69) is 31.3 Å². The van der Waals surface area contributed by atoms with Gasteiger partial charge in [0.25, 0.3) is 0 Å². The second kappa shape index (κ2) is 5.91. The van der Waals surface area contributed by atoms with Gasteiger partial charge >= 0.3 is 6.18 Å². The molecule has 23 heavy (non-hydrogen) atoms. The van der Waals surface area contributed by atoms with Crippen LogP contribution < -0.4 is 5.32 Å². The second-order valence-electron chi connectivity index (χ2n) is 6.21. The molecule has 1 aliphatic heterocycles. The highest BCUT2D eigenvalue weighted by molar-refractivity contribution is 5.60. The topological polar surface area (TPSA) is 12.0 Å². The fourth-order valence-electron chi connectivity index (χ4n) is 3.17. The van der Waals surface area contributed by atoms with Gasteiger partial charge in [0.2, 0.25) is 0 Å². The van der Waals surface area contributed by atoms with E-state index in [1.54, 1.807) is 12.1 Å². The van der Waals surface area contributed by atoms with Crippen molar-refractivity contribution in [1.29, 1.82) is 0 Å². The lowest BCUT2D eigenvalue weighted by molar-refractivity contribution is -0.138.